The molecule has 0 aromatic carbocycles. The normalized spacial score (nSPS) is 14.1. The molecule has 4 N–H and O–H groups in total. The Morgan fingerprint density at radius 1 is 0.490 bits per heavy atom. The third-order valence-corrected chi connectivity index (χ3v) is 9.90. The fourth-order valence-electron chi connectivity index (χ4n) is 6.46. The Kier molecular flexibility index (Phi) is 39.7. The molecule has 3 atom stereocenters. The number of aliphatic hydroxyl groups excluding tert-OH is 3. The van der Waals surface area contributed by atoms with E-state index in [-0.39, 0.29) is 12.3 Å². The van der Waals surface area contributed by atoms with Gasteiger partial charge in [0.25, 0.3) is 0 Å². The Morgan fingerprint density at radius 3 is 1.31 bits per heavy atom. The maximum atomic E-state index is 12.3. The third kappa shape index (κ3) is 36.5. The summed E-state index contributed by atoms with van der Waals surface area (Å²) in [4.78, 5) is 12.3. The monoisotopic (exact) mass is 716 g/mol. The molecule has 0 aromatic rings. The van der Waals surface area contributed by atoms with Crippen LogP contribution in [0.2, 0.25) is 0 Å². The van der Waals surface area contributed by atoms with E-state index in [0.717, 1.165) is 38.5 Å². The summed E-state index contributed by atoms with van der Waals surface area (Å²) in [5, 5.41) is 33.4. The van der Waals surface area contributed by atoms with Crippen molar-refractivity contribution in [2.24, 2.45) is 0 Å². The van der Waals surface area contributed by atoms with E-state index >= 15 is 0 Å². The van der Waals surface area contributed by atoms with Gasteiger partial charge in [0.2, 0.25) is 5.91 Å². The van der Waals surface area contributed by atoms with E-state index in [9.17, 15) is 20.1 Å². The van der Waals surface area contributed by atoms with Crippen molar-refractivity contribution in [3.63, 3.8) is 0 Å². The highest BCUT2D eigenvalue weighted by Gasteiger charge is 2.26. The number of hydrogen-bond donors (Lipinski definition) is 4. The van der Waals surface area contributed by atoms with E-state index in [1.807, 2.05) is 6.08 Å². The second kappa shape index (κ2) is 41.1. The number of allylic oxidation sites excluding steroid dienone is 8. The summed E-state index contributed by atoms with van der Waals surface area (Å²) in [6, 6.07) is -0.863. The number of carbonyl (C=O) groups excluding carboxylic acids is 1. The lowest BCUT2D eigenvalue weighted by atomic mass is 10.0. The molecule has 0 saturated heterocycles. The molecule has 5 heteroatoms. The molecule has 0 aliphatic heterocycles. The Bertz CT molecular complexity index is 835. The fourth-order valence-corrected chi connectivity index (χ4v) is 6.46. The summed E-state index contributed by atoms with van der Waals surface area (Å²) in [7, 11) is 0. The first-order valence-electron chi connectivity index (χ1n) is 21.9. The van der Waals surface area contributed by atoms with Gasteiger partial charge in [0.05, 0.1) is 18.8 Å². The highest BCUT2D eigenvalue weighted by Crippen LogP contribution is 2.15. The van der Waals surface area contributed by atoms with Gasteiger partial charge < -0.3 is 20.6 Å². The van der Waals surface area contributed by atoms with Crippen LogP contribution in [0.25, 0.3) is 0 Å². The van der Waals surface area contributed by atoms with Gasteiger partial charge in [-0.1, -0.05) is 184 Å². The molecule has 1 amide bonds. The number of amides is 1. The molecule has 298 valence electrons. The van der Waals surface area contributed by atoms with E-state index in [1.54, 1.807) is 0 Å². The quantitative estimate of drug-likeness (QED) is 0.0377. The lowest BCUT2D eigenvalue weighted by molar-refractivity contribution is -0.124. The first kappa shape index (κ1) is 49.3. The summed E-state index contributed by atoms with van der Waals surface area (Å²) in [6.07, 6.45) is 52.4. The van der Waals surface area contributed by atoms with E-state index in [2.05, 4.69) is 61.7 Å². The zero-order valence-electron chi connectivity index (χ0n) is 33.7. The van der Waals surface area contributed by atoms with Gasteiger partial charge in [0.1, 0.15) is 6.10 Å². The van der Waals surface area contributed by atoms with Crippen LogP contribution in [0.5, 0.6) is 0 Å². The third-order valence-electron chi connectivity index (χ3n) is 9.90. The number of unbranched alkanes of at least 4 members (excludes halogenated alkanes) is 23. The predicted octanol–water partition coefficient (Wildman–Crippen LogP) is 12.5. The number of aliphatic hydroxyl groups is 3. The van der Waals surface area contributed by atoms with Crippen molar-refractivity contribution in [2.75, 3.05) is 6.61 Å². The van der Waals surface area contributed by atoms with Crippen LogP contribution < -0.4 is 5.32 Å². The van der Waals surface area contributed by atoms with Crippen LogP contribution in [-0.2, 0) is 4.79 Å². The van der Waals surface area contributed by atoms with Crippen molar-refractivity contribution in [1.82, 2.24) is 5.32 Å². The predicted molar refractivity (Wildman–Crippen MR) is 222 cm³/mol. The van der Waals surface area contributed by atoms with Crippen LogP contribution in [0, 0.1) is 0 Å². The van der Waals surface area contributed by atoms with E-state index < -0.39 is 24.9 Å². The second-order valence-corrected chi connectivity index (χ2v) is 14.9. The zero-order valence-corrected chi connectivity index (χ0v) is 33.7. The first-order chi connectivity index (χ1) is 25.1. The van der Waals surface area contributed by atoms with Gasteiger partial charge in [-0.25, -0.2) is 0 Å². The zero-order chi connectivity index (χ0) is 37.3. The molecule has 3 unspecified atom stereocenters. The van der Waals surface area contributed by atoms with Gasteiger partial charge >= 0.3 is 0 Å². The van der Waals surface area contributed by atoms with E-state index in [1.165, 1.54) is 141 Å². The van der Waals surface area contributed by atoms with Crippen LogP contribution >= 0.6 is 0 Å². The van der Waals surface area contributed by atoms with Crippen molar-refractivity contribution in [1.29, 1.82) is 0 Å². The maximum absolute atomic E-state index is 12.3. The molecular formula is C46H85NO4. The molecule has 0 bridgehead atoms. The molecule has 0 saturated carbocycles. The SMILES string of the molecule is CCCCCCCC/C=C\C/C=C\CCC(=O)NC(CO)C(O)C(O)CCC/C=C/CC/C=C/CCCCCCCCCCCCCCCCC. The smallest absolute Gasteiger partial charge is 0.220 e. The van der Waals surface area contributed by atoms with Crippen molar-refractivity contribution in [2.45, 2.75) is 231 Å². The minimum atomic E-state index is -1.19. The van der Waals surface area contributed by atoms with Gasteiger partial charge in [-0.2, -0.15) is 0 Å². The van der Waals surface area contributed by atoms with Gasteiger partial charge in [-0.3, -0.25) is 4.79 Å². The Balaban J connectivity index is 3.73. The fraction of sp³-hybridized carbons (Fsp3) is 0.804. The second-order valence-electron chi connectivity index (χ2n) is 14.9. The van der Waals surface area contributed by atoms with Crippen molar-refractivity contribution < 1.29 is 20.1 Å². The highest BCUT2D eigenvalue weighted by atomic mass is 16.3. The van der Waals surface area contributed by atoms with E-state index in [4.69, 9.17) is 0 Å². The molecule has 0 fully saturated rings. The molecule has 0 spiro atoms. The lowest BCUT2D eigenvalue weighted by Crippen LogP contribution is -2.50. The summed E-state index contributed by atoms with van der Waals surface area (Å²) in [5.74, 6) is -0.227. The Hall–Kier alpha value is -1.69. The molecule has 0 aliphatic carbocycles. The van der Waals surface area contributed by atoms with Crippen LogP contribution in [0.3, 0.4) is 0 Å². The number of carbonyl (C=O) groups is 1. The summed E-state index contributed by atoms with van der Waals surface area (Å²) >= 11 is 0. The average molecular weight is 716 g/mol. The lowest BCUT2D eigenvalue weighted by Gasteiger charge is -2.26. The van der Waals surface area contributed by atoms with Crippen LogP contribution in [-0.4, -0.2) is 46.1 Å². The highest BCUT2D eigenvalue weighted by molar-refractivity contribution is 5.76. The number of rotatable bonds is 39. The Labute approximate surface area is 316 Å². The topological polar surface area (TPSA) is 89.8 Å². The molecule has 51 heavy (non-hydrogen) atoms. The number of nitrogens with one attached hydrogen (secondary N) is 1. The van der Waals surface area contributed by atoms with Crippen LogP contribution in [0.1, 0.15) is 213 Å². The summed E-state index contributed by atoms with van der Waals surface area (Å²) < 4.78 is 0. The molecule has 5 nitrogen and oxygen atoms in total. The molecule has 0 radical (unpaired) electrons. The molecule has 0 aromatic heterocycles. The van der Waals surface area contributed by atoms with Crippen LogP contribution in [0.15, 0.2) is 48.6 Å². The van der Waals surface area contributed by atoms with Crippen LogP contribution in [0.4, 0.5) is 0 Å². The molecule has 0 rings (SSSR count). The van der Waals surface area contributed by atoms with Crippen molar-refractivity contribution in [3.8, 4) is 0 Å². The molecule has 0 aliphatic rings. The summed E-state index contributed by atoms with van der Waals surface area (Å²) in [6.45, 7) is 4.12. The van der Waals surface area contributed by atoms with Crippen molar-refractivity contribution in [3.05, 3.63) is 48.6 Å². The Morgan fingerprint density at radius 2 is 0.863 bits per heavy atom. The standard InChI is InChI=1S/C46H85NO4/c1-3-5-7-9-11-13-15-17-18-19-20-21-22-23-24-25-26-27-29-30-32-34-36-38-40-44(49)46(51)43(42-48)47-45(50)41-39-37-35-33-31-28-16-14-12-10-8-6-4-2/h26-28,31-32,34-35,37,43-44,46,48-49,51H,3-25,29-30,33,36,38-42H2,1-2H3,(H,47,50)/b27-26+,31-28-,34-32+,37-35-. The number of hydrogen-bond acceptors (Lipinski definition) is 4. The summed E-state index contributed by atoms with van der Waals surface area (Å²) in [5.41, 5.74) is 0. The minimum Gasteiger partial charge on any atom is -0.394 e. The van der Waals surface area contributed by atoms with Gasteiger partial charge in [0.15, 0.2) is 0 Å². The molecular weight excluding hydrogens is 631 g/mol. The first-order valence-corrected chi connectivity index (χ1v) is 21.9. The largest absolute Gasteiger partial charge is 0.394 e. The molecule has 0 heterocycles. The van der Waals surface area contributed by atoms with Gasteiger partial charge in [-0.15, -0.1) is 0 Å². The average Bonchev–Trinajstić information content (AvgIpc) is 3.13. The van der Waals surface area contributed by atoms with E-state index in [0.29, 0.717) is 12.8 Å². The maximum Gasteiger partial charge on any atom is 0.220 e. The minimum absolute atomic E-state index is 0.227. The van der Waals surface area contributed by atoms with Crippen molar-refractivity contribution >= 4 is 5.91 Å². The van der Waals surface area contributed by atoms with Gasteiger partial charge in [0, 0.05) is 6.42 Å². The van der Waals surface area contributed by atoms with Gasteiger partial charge in [-0.05, 0) is 70.6 Å².